The second-order valence-electron chi connectivity index (χ2n) is 10.1. The smallest absolute Gasteiger partial charge is 0.325 e. The highest BCUT2D eigenvalue weighted by Gasteiger charge is 2.50. The van der Waals surface area contributed by atoms with Gasteiger partial charge in [-0.15, -0.1) is 0 Å². The SMILES string of the molecule is CCCC(F)OC(=O)[C@H]1CC[C@@](CCCO)(CC(CCC)C(C)NC(C)=O)N1Cc1ccccc1. The number of alkyl halides is 1. The second kappa shape index (κ2) is 14.5. The van der Waals surface area contributed by atoms with Gasteiger partial charge in [-0.2, -0.15) is 0 Å². The van der Waals surface area contributed by atoms with Gasteiger partial charge in [-0.25, -0.2) is 4.39 Å². The standard InChI is InChI=1S/C28H45FN2O4/c1-5-11-24(21(3)30-22(4)33)19-28(16-10-18-32)17-15-25(27(34)35-26(29)12-6-2)31(28)20-23-13-8-7-9-14-23/h7-9,13-14,21,24-26,32H,5-6,10-12,15-20H2,1-4H3,(H,30,33)/t21?,24?,25-,26?,28+/m1/s1. The minimum absolute atomic E-state index is 0.0113. The molecule has 0 aliphatic carbocycles. The van der Waals surface area contributed by atoms with E-state index in [0.717, 1.165) is 37.7 Å². The molecule has 0 bridgehead atoms. The quantitative estimate of drug-likeness (QED) is 0.332. The van der Waals surface area contributed by atoms with Crippen molar-refractivity contribution < 1.29 is 23.8 Å². The van der Waals surface area contributed by atoms with Crippen molar-refractivity contribution in [3.05, 3.63) is 35.9 Å². The molecule has 1 aliphatic heterocycles. The number of amides is 1. The number of hydrogen-bond acceptors (Lipinski definition) is 5. The topological polar surface area (TPSA) is 78.9 Å². The minimum atomic E-state index is -1.59. The molecule has 3 unspecified atom stereocenters. The van der Waals surface area contributed by atoms with Crippen molar-refractivity contribution in [2.45, 2.75) is 116 Å². The monoisotopic (exact) mass is 492 g/mol. The van der Waals surface area contributed by atoms with Crippen LogP contribution in [0.25, 0.3) is 0 Å². The number of halogens is 1. The van der Waals surface area contributed by atoms with Crippen LogP contribution in [-0.2, 0) is 20.9 Å². The van der Waals surface area contributed by atoms with Gasteiger partial charge in [-0.1, -0.05) is 50.6 Å². The predicted molar refractivity (Wildman–Crippen MR) is 136 cm³/mol. The highest BCUT2D eigenvalue weighted by atomic mass is 19.1. The number of rotatable bonds is 15. The Morgan fingerprint density at radius 3 is 2.51 bits per heavy atom. The number of benzene rings is 1. The normalized spacial score (nSPS) is 23.0. The van der Waals surface area contributed by atoms with Crippen LogP contribution in [0.15, 0.2) is 30.3 Å². The van der Waals surface area contributed by atoms with Gasteiger partial charge in [0.15, 0.2) is 0 Å². The van der Waals surface area contributed by atoms with Gasteiger partial charge in [0.1, 0.15) is 6.04 Å². The van der Waals surface area contributed by atoms with E-state index < -0.39 is 18.4 Å². The van der Waals surface area contributed by atoms with Gasteiger partial charge >= 0.3 is 5.97 Å². The van der Waals surface area contributed by atoms with Gasteiger partial charge < -0.3 is 15.2 Å². The Kier molecular flexibility index (Phi) is 12.1. The number of likely N-dealkylation sites (tertiary alicyclic amines) is 1. The number of hydrogen-bond donors (Lipinski definition) is 2. The highest BCUT2D eigenvalue weighted by Crippen LogP contribution is 2.45. The van der Waals surface area contributed by atoms with E-state index in [4.69, 9.17) is 4.74 Å². The van der Waals surface area contributed by atoms with Gasteiger partial charge in [0.2, 0.25) is 12.3 Å². The molecule has 1 aromatic carbocycles. The summed E-state index contributed by atoms with van der Waals surface area (Å²) in [6.07, 6.45) is 4.60. The first-order chi connectivity index (χ1) is 16.8. The summed E-state index contributed by atoms with van der Waals surface area (Å²) < 4.78 is 19.5. The average Bonchev–Trinajstić information content (AvgIpc) is 3.15. The van der Waals surface area contributed by atoms with E-state index in [0.29, 0.717) is 25.8 Å². The molecule has 7 heteroatoms. The van der Waals surface area contributed by atoms with E-state index in [2.05, 4.69) is 17.1 Å². The molecule has 1 aliphatic rings. The minimum Gasteiger partial charge on any atom is -0.430 e. The second-order valence-corrected chi connectivity index (χ2v) is 10.1. The zero-order chi connectivity index (χ0) is 25.8. The number of carbonyl (C=O) groups is 2. The fourth-order valence-corrected chi connectivity index (χ4v) is 5.65. The summed E-state index contributed by atoms with van der Waals surface area (Å²) in [6.45, 7) is 8.19. The van der Waals surface area contributed by atoms with Crippen LogP contribution in [0.2, 0.25) is 0 Å². The van der Waals surface area contributed by atoms with Crippen molar-refractivity contribution in [1.82, 2.24) is 10.2 Å². The maximum absolute atomic E-state index is 14.3. The van der Waals surface area contributed by atoms with E-state index in [1.807, 2.05) is 44.2 Å². The van der Waals surface area contributed by atoms with Crippen molar-refractivity contribution in [3.63, 3.8) is 0 Å². The van der Waals surface area contributed by atoms with Crippen LogP contribution in [0.1, 0.15) is 91.0 Å². The first-order valence-corrected chi connectivity index (χ1v) is 13.3. The lowest BCUT2D eigenvalue weighted by Crippen LogP contribution is -2.52. The predicted octanol–water partition coefficient (Wildman–Crippen LogP) is 5.13. The molecule has 1 amide bonds. The molecule has 1 saturated heterocycles. The fraction of sp³-hybridized carbons (Fsp3) is 0.714. The number of aliphatic hydroxyl groups is 1. The number of nitrogens with one attached hydrogen (secondary N) is 1. The van der Waals surface area contributed by atoms with E-state index in [1.165, 1.54) is 6.92 Å². The van der Waals surface area contributed by atoms with Gasteiger partial charge in [-0.05, 0) is 63.4 Å². The summed E-state index contributed by atoms with van der Waals surface area (Å²) in [4.78, 5) is 27.2. The third kappa shape index (κ3) is 8.57. The van der Waals surface area contributed by atoms with Crippen molar-refractivity contribution in [2.75, 3.05) is 6.61 Å². The Hall–Kier alpha value is -1.99. The van der Waals surface area contributed by atoms with E-state index >= 15 is 0 Å². The first-order valence-electron chi connectivity index (χ1n) is 13.3. The van der Waals surface area contributed by atoms with Crippen molar-refractivity contribution in [1.29, 1.82) is 0 Å². The Bertz CT molecular complexity index is 777. The summed E-state index contributed by atoms with van der Waals surface area (Å²) in [5.41, 5.74) is 0.721. The van der Waals surface area contributed by atoms with Crippen LogP contribution >= 0.6 is 0 Å². The molecule has 2 N–H and O–H groups in total. The molecule has 5 atom stereocenters. The summed E-state index contributed by atoms with van der Waals surface area (Å²) in [5, 5.41) is 12.8. The summed E-state index contributed by atoms with van der Waals surface area (Å²) in [7, 11) is 0. The van der Waals surface area contributed by atoms with Crippen molar-refractivity contribution in [3.8, 4) is 0 Å². The molecule has 198 valence electrons. The van der Waals surface area contributed by atoms with Gasteiger partial charge in [-0.3, -0.25) is 14.5 Å². The molecular weight excluding hydrogens is 447 g/mol. The average molecular weight is 493 g/mol. The van der Waals surface area contributed by atoms with Crippen molar-refractivity contribution >= 4 is 11.9 Å². The zero-order valence-electron chi connectivity index (χ0n) is 22.0. The Balaban J connectivity index is 2.41. The van der Waals surface area contributed by atoms with Gasteiger partial charge in [0.05, 0.1) is 0 Å². The lowest BCUT2D eigenvalue weighted by Gasteiger charge is -2.44. The molecule has 0 saturated carbocycles. The van der Waals surface area contributed by atoms with Gasteiger partial charge in [0.25, 0.3) is 0 Å². The molecule has 2 rings (SSSR count). The number of nitrogens with zero attached hydrogens (tertiary/aromatic N) is 1. The lowest BCUT2D eigenvalue weighted by atomic mass is 9.77. The Morgan fingerprint density at radius 2 is 1.91 bits per heavy atom. The van der Waals surface area contributed by atoms with Crippen LogP contribution in [0, 0.1) is 5.92 Å². The molecule has 0 radical (unpaired) electrons. The molecule has 1 fully saturated rings. The van der Waals surface area contributed by atoms with Crippen LogP contribution < -0.4 is 5.32 Å². The van der Waals surface area contributed by atoms with Crippen LogP contribution in [0.5, 0.6) is 0 Å². The Morgan fingerprint density at radius 1 is 1.23 bits per heavy atom. The van der Waals surface area contributed by atoms with Crippen LogP contribution in [-0.4, -0.2) is 52.5 Å². The Labute approximate surface area is 210 Å². The molecule has 6 nitrogen and oxygen atoms in total. The maximum atomic E-state index is 14.3. The molecule has 0 aromatic heterocycles. The summed E-state index contributed by atoms with van der Waals surface area (Å²) in [6, 6.07) is 9.44. The molecule has 1 aromatic rings. The molecule has 35 heavy (non-hydrogen) atoms. The van der Waals surface area contributed by atoms with Crippen molar-refractivity contribution in [2.24, 2.45) is 5.92 Å². The van der Waals surface area contributed by atoms with E-state index in [9.17, 15) is 19.1 Å². The van der Waals surface area contributed by atoms with Gasteiger partial charge in [0, 0.05) is 38.1 Å². The van der Waals surface area contributed by atoms with Crippen LogP contribution in [0.3, 0.4) is 0 Å². The number of aliphatic hydroxyl groups excluding tert-OH is 1. The third-order valence-electron chi connectivity index (χ3n) is 7.34. The molecule has 0 spiro atoms. The number of ether oxygens (including phenoxy) is 1. The molecule has 1 heterocycles. The van der Waals surface area contributed by atoms with E-state index in [-0.39, 0.29) is 36.4 Å². The molecular formula is C28H45FN2O4. The fourth-order valence-electron chi connectivity index (χ4n) is 5.65. The first kappa shape index (κ1) is 29.2. The van der Waals surface area contributed by atoms with Crippen LogP contribution in [0.4, 0.5) is 4.39 Å². The maximum Gasteiger partial charge on any atom is 0.325 e. The largest absolute Gasteiger partial charge is 0.430 e. The number of carbonyl (C=O) groups excluding carboxylic acids is 2. The summed E-state index contributed by atoms with van der Waals surface area (Å²) in [5.74, 6) is -0.346. The van der Waals surface area contributed by atoms with E-state index in [1.54, 1.807) is 0 Å². The summed E-state index contributed by atoms with van der Waals surface area (Å²) >= 11 is 0. The zero-order valence-corrected chi connectivity index (χ0v) is 22.0. The number of esters is 1. The highest BCUT2D eigenvalue weighted by molar-refractivity contribution is 5.76. The third-order valence-corrected chi connectivity index (χ3v) is 7.34. The lowest BCUT2D eigenvalue weighted by molar-refractivity contribution is -0.166.